The number of alkyl halides is 3. The number of nitrogens with zero attached hydrogens (tertiary/aromatic N) is 1. The molecular formula is C27H37F3N2O. The molecule has 1 amide bonds. The van der Waals surface area contributed by atoms with Crippen molar-refractivity contribution in [3.05, 3.63) is 47.5 Å². The van der Waals surface area contributed by atoms with E-state index in [4.69, 9.17) is 0 Å². The Balaban J connectivity index is 1.85. The van der Waals surface area contributed by atoms with Gasteiger partial charge in [-0.3, -0.25) is 10.2 Å². The first-order valence-corrected chi connectivity index (χ1v) is 12.3. The van der Waals surface area contributed by atoms with Gasteiger partial charge >= 0.3 is 6.18 Å². The molecule has 0 bridgehead atoms. The molecular weight excluding hydrogens is 425 g/mol. The SMILES string of the molecule is CCCCCCCCCCc1c([C@H](N2CC(C)(C)C(=O)N2)C(F)(F)F)ccc2ccccc12. The Bertz CT molecular complexity index is 939. The highest BCUT2D eigenvalue weighted by Gasteiger charge is 2.51. The van der Waals surface area contributed by atoms with Gasteiger partial charge in [-0.25, -0.2) is 5.01 Å². The third-order valence-corrected chi connectivity index (χ3v) is 6.70. The predicted molar refractivity (Wildman–Crippen MR) is 128 cm³/mol. The molecule has 1 fully saturated rings. The van der Waals surface area contributed by atoms with Gasteiger partial charge in [0.2, 0.25) is 5.91 Å². The second kappa shape index (κ2) is 10.9. The Hall–Kier alpha value is -2.08. The number of fused-ring (bicyclic) bond motifs is 1. The number of unbranched alkanes of at least 4 members (excludes halogenated alkanes) is 7. The molecule has 1 saturated heterocycles. The summed E-state index contributed by atoms with van der Waals surface area (Å²) < 4.78 is 43.2. The van der Waals surface area contributed by atoms with E-state index in [0.717, 1.165) is 40.6 Å². The number of halogens is 3. The van der Waals surface area contributed by atoms with Crippen LogP contribution in [0.4, 0.5) is 13.2 Å². The van der Waals surface area contributed by atoms with Crippen molar-refractivity contribution in [3.8, 4) is 0 Å². The minimum atomic E-state index is -4.51. The molecule has 1 aliphatic rings. The van der Waals surface area contributed by atoms with Crippen LogP contribution in [0.25, 0.3) is 10.8 Å². The molecule has 2 aromatic carbocycles. The number of benzene rings is 2. The van der Waals surface area contributed by atoms with Crippen molar-refractivity contribution >= 4 is 16.7 Å². The summed E-state index contributed by atoms with van der Waals surface area (Å²) in [5.41, 5.74) is 2.64. The topological polar surface area (TPSA) is 32.3 Å². The fraction of sp³-hybridized carbons (Fsp3) is 0.593. The predicted octanol–water partition coefficient (Wildman–Crippen LogP) is 7.50. The fourth-order valence-electron chi connectivity index (χ4n) is 4.82. The van der Waals surface area contributed by atoms with E-state index in [0.29, 0.717) is 6.42 Å². The van der Waals surface area contributed by atoms with Crippen molar-refractivity contribution in [2.45, 2.75) is 90.8 Å². The summed E-state index contributed by atoms with van der Waals surface area (Å²) >= 11 is 0. The third kappa shape index (κ3) is 6.28. The standard InChI is InChI=1S/C27H37F3N2O/c1-4-5-6-7-8-9-10-11-16-22-21-15-13-12-14-20(21)17-18-23(22)24(27(28,29)30)32-19-26(2,3)25(33)31-32/h12-15,17-18,24H,4-11,16,19H2,1-3H3,(H,31,33)/t24-/m0/s1. The van der Waals surface area contributed by atoms with E-state index in [1.165, 1.54) is 32.1 Å². The first-order valence-electron chi connectivity index (χ1n) is 12.3. The summed E-state index contributed by atoms with van der Waals surface area (Å²) in [4.78, 5) is 12.3. The number of nitrogens with one attached hydrogen (secondary N) is 1. The number of rotatable bonds is 11. The van der Waals surface area contributed by atoms with Crippen LogP contribution in [-0.4, -0.2) is 23.6 Å². The zero-order valence-corrected chi connectivity index (χ0v) is 20.1. The minimum Gasteiger partial charge on any atom is -0.287 e. The van der Waals surface area contributed by atoms with Gasteiger partial charge < -0.3 is 0 Å². The van der Waals surface area contributed by atoms with E-state index in [1.807, 2.05) is 24.3 Å². The van der Waals surface area contributed by atoms with Crippen LogP contribution in [0.3, 0.4) is 0 Å². The quantitative estimate of drug-likeness (QED) is 0.351. The molecule has 0 unspecified atom stereocenters. The van der Waals surface area contributed by atoms with Crippen molar-refractivity contribution in [1.82, 2.24) is 10.4 Å². The van der Waals surface area contributed by atoms with Gasteiger partial charge in [0.1, 0.15) is 6.04 Å². The molecule has 1 heterocycles. The zero-order chi connectivity index (χ0) is 24.1. The number of amides is 1. The molecule has 2 aromatic rings. The average Bonchev–Trinajstić information content (AvgIpc) is 3.01. The molecule has 0 spiro atoms. The summed E-state index contributed by atoms with van der Waals surface area (Å²) in [5, 5.41) is 2.91. The largest absolute Gasteiger partial charge is 0.409 e. The van der Waals surface area contributed by atoms with Gasteiger partial charge in [-0.1, -0.05) is 88.3 Å². The smallest absolute Gasteiger partial charge is 0.287 e. The second-order valence-electron chi connectivity index (χ2n) is 9.98. The van der Waals surface area contributed by atoms with Gasteiger partial charge in [-0.2, -0.15) is 13.2 Å². The first kappa shape index (κ1) is 25.5. The highest BCUT2D eigenvalue weighted by atomic mass is 19.4. The van der Waals surface area contributed by atoms with Crippen molar-refractivity contribution in [2.24, 2.45) is 5.41 Å². The highest BCUT2D eigenvalue weighted by Crippen LogP contribution is 2.43. The molecule has 33 heavy (non-hydrogen) atoms. The van der Waals surface area contributed by atoms with Gasteiger partial charge in [0.25, 0.3) is 0 Å². The van der Waals surface area contributed by atoms with Crippen molar-refractivity contribution < 1.29 is 18.0 Å². The Morgan fingerprint density at radius 1 is 0.970 bits per heavy atom. The molecule has 3 rings (SSSR count). The van der Waals surface area contributed by atoms with E-state index in [9.17, 15) is 18.0 Å². The maximum atomic E-state index is 14.4. The van der Waals surface area contributed by atoms with Crippen LogP contribution in [0.2, 0.25) is 0 Å². The van der Waals surface area contributed by atoms with Crippen LogP contribution in [0.1, 0.15) is 89.3 Å². The molecule has 1 aliphatic heterocycles. The molecule has 0 aromatic heterocycles. The molecule has 1 N–H and O–H groups in total. The van der Waals surface area contributed by atoms with E-state index >= 15 is 0 Å². The summed E-state index contributed by atoms with van der Waals surface area (Å²) in [6.07, 6.45) is 5.24. The van der Waals surface area contributed by atoms with Crippen LogP contribution in [0.15, 0.2) is 36.4 Å². The van der Waals surface area contributed by atoms with Crippen molar-refractivity contribution in [2.75, 3.05) is 6.54 Å². The van der Waals surface area contributed by atoms with E-state index < -0.39 is 17.6 Å². The summed E-state index contributed by atoms with van der Waals surface area (Å²) in [6, 6.07) is 9.16. The number of carbonyl (C=O) groups is 1. The lowest BCUT2D eigenvalue weighted by Gasteiger charge is -2.32. The van der Waals surface area contributed by atoms with Crippen LogP contribution in [0, 0.1) is 5.41 Å². The Morgan fingerprint density at radius 3 is 2.21 bits per heavy atom. The molecule has 3 nitrogen and oxygen atoms in total. The molecule has 0 saturated carbocycles. The number of hydrogen-bond acceptors (Lipinski definition) is 2. The third-order valence-electron chi connectivity index (χ3n) is 6.70. The summed E-state index contributed by atoms with van der Waals surface area (Å²) in [5.74, 6) is -0.373. The zero-order valence-electron chi connectivity index (χ0n) is 20.1. The number of hydrogen-bond donors (Lipinski definition) is 1. The molecule has 6 heteroatoms. The average molecular weight is 463 g/mol. The van der Waals surface area contributed by atoms with Crippen molar-refractivity contribution in [1.29, 1.82) is 0 Å². The van der Waals surface area contributed by atoms with Gasteiger partial charge in [0.15, 0.2) is 0 Å². The minimum absolute atomic E-state index is 0.0139. The van der Waals surface area contributed by atoms with Gasteiger partial charge in [0, 0.05) is 6.54 Å². The lowest BCUT2D eigenvalue weighted by atomic mass is 9.89. The summed E-state index contributed by atoms with van der Waals surface area (Å²) in [6.45, 7) is 5.57. The van der Waals surface area contributed by atoms with Gasteiger partial charge in [-0.15, -0.1) is 0 Å². The molecule has 1 atom stereocenters. The molecule has 0 aliphatic carbocycles. The molecule has 0 radical (unpaired) electrons. The van der Waals surface area contributed by atoms with E-state index in [1.54, 1.807) is 26.0 Å². The number of hydrazine groups is 1. The van der Waals surface area contributed by atoms with Gasteiger partial charge in [0.05, 0.1) is 5.41 Å². The van der Waals surface area contributed by atoms with Gasteiger partial charge in [-0.05, 0) is 48.6 Å². The Morgan fingerprint density at radius 2 is 1.61 bits per heavy atom. The lowest BCUT2D eigenvalue weighted by molar-refractivity contribution is -0.191. The van der Waals surface area contributed by atoms with Crippen LogP contribution in [-0.2, 0) is 11.2 Å². The maximum absolute atomic E-state index is 14.4. The first-order chi connectivity index (χ1) is 15.6. The normalized spacial score (nSPS) is 17.5. The monoisotopic (exact) mass is 462 g/mol. The fourth-order valence-corrected chi connectivity index (χ4v) is 4.82. The lowest BCUT2D eigenvalue weighted by Crippen LogP contribution is -2.44. The Labute approximate surface area is 195 Å². The Kier molecular flexibility index (Phi) is 8.43. The highest BCUT2D eigenvalue weighted by molar-refractivity contribution is 5.87. The van der Waals surface area contributed by atoms with Crippen LogP contribution >= 0.6 is 0 Å². The van der Waals surface area contributed by atoms with Crippen molar-refractivity contribution in [3.63, 3.8) is 0 Å². The summed E-state index contributed by atoms with van der Waals surface area (Å²) in [7, 11) is 0. The van der Waals surface area contributed by atoms with E-state index in [2.05, 4.69) is 12.3 Å². The van der Waals surface area contributed by atoms with Crippen LogP contribution in [0.5, 0.6) is 0 Å². The number of aryl methyl sites for hydroxylation is 1. The molecule has 182 valence electrons. The maximum Gasteiger partial charge on any atom is 0.409 e. The number of carbonyl (C=O) groups excluding carboxylic acids is 1. The van der Waals surface area contributed by atoms with Crippen LogP contribution < -0.4 is 5.43 Å². The van der Waals surface area contributed by atoms with E-state index in [-0.39, 0.29) is 18.0 Å². The second-order valence-corrected chi connectivity index (χ2v) is 9.98.